The Balaban J connectivity index is 2.13. The Labute approximate surface area is 126 Å². The number of ether oxygens (including phenoxy) is 1. The third-order valence-corrected chi connectivity index (χ3v) is 8.37. The maximum atomic E-state index is 12.0. The van der Waals surface area contributed by atoms with E-state index in [4.69, 9.17) is 4.74 Å². The molecule has 2 unspecified atom stereocenters. The standard InChI is InChI=1S/C15H26O5S/c1-9(2)15-8-7-13(3,20-15)10-5-6-14(4,21(17,18)19)11(10)12(15)16/h9-12,16H,5-8H2,1-4H3,(H,17,18,19)/t10?,11?,12-,13-,14-,15-/m0/s1. The van der Waals surface area contributed by atoms with Crippen molar-refractivity contribution in [2.24, 2.45) is 17.8 Å². The zero-order valence-electron chi connectivity index (χ0n) is 13.2. The molecule has 0 spiro atoms. The molecule has 2 saturated heterocycles. The summed E-state index contributed by atoms with van der Waals surface area (Å²) in [5.41, 5.74) is -1.08. The topological polar surface area (TPSA) is 83.8 Å². The summed E-state index contributed by atoms with van der Waals surface area (Å²) in [7, 11) is -4.22. The first-order chi connectivity index (χ1) is 9.48. The number of hydrogen-bond donors (Lipinski definition) is 2. The molecule has 0 aromatic rings. The first-order valence-corrected chi connectivity index (χ1v) is 9.27. The summed E-state index contributed by atoms with van der Waals surface area (Å²) in [5, 5.41) is 11.0. The van der Waals surface area contributed by atoms with E-state index < -0.39 is 38.1 Å². The first kappa shape index (κ1) is 15.7. The third kappa shape index (κ3) is 1.76. The molecule has 2 aliphatic heterocycles. The van der Waals surface area contributed by atoms with Crippen molar-refractivity contribution in [3.63, 3.8) is 0 Å². The van der Waals surface area contributed by atoms with E-state index in [1.165, 1.54) is 0 Å². The first-order valence-electron chi connectivity index (χ1n) is 7.83. The summed E-state index contributed by atoms with van der Waals surface area (Å²) in [6, 6.07) is 0. The van der Waals surface area contributed by atoms with E-state index in [1.54, 1.807) is 6.92 Å². The Morgan fingerprint density at radius 3 is 2.33 bits per heavy atom. The maximum absolute atomic E-state index is 12.0. The second kappa shape index (κ2) is 4.22. The van der Waals surface area contributed by atoms with Crippen LogP contribution >= 0.6 is 0 Å². The maximum Gasteiger partial charge on any atom is 0.270 e. The van der Waals surface area contributed by atoms with Gasteiger partial charge in [-0.15, -0.1) is 0 Å². The molecule has 1 aliphatic carbocycles. The van der Waals surface area contributed by atoms with E-state index in [2.05, 4.69) is 0 Å². The molecule has 2 bridgehead atoms. The van der Waals surface area contributed by atoms with Crippen molar-refractivity contribution in [1.29, 1.82) is 0 Å². The van der Waals surface area contributed by atoms with E-state index in [9.17, 15) is 18.1 Å². The third-order valence-electron chi connectivity index (χ3n) is 6.72. The van der Waals surface area contributed by atoms with Gasteiger partial charge in [-0.05, 0) is 51.4 Å². The van der Waals surface area contributed by atoms with Gasteiger partial charge in [0, 0.05) is 5.92 Å². The highest BCUT2D eigenvalue weighted by Gasteiger charge is 2.71. The highest BCUT2D eigenvalue weighted by molar-refractivity contribution is 7.87. The summed E-state index contributed by atoms with van der Waals surface area (Å²) in [6.45, 7) is 7.64. The van der Waals surface area contributed by atoms with Gasteiger partial charge in [0.2, 0.25) is 0 Å². The molecule has 0 amide bonds. The average Bonchev–Trinajstić information content (AvgIpc) is 2.86. The number of fused-ring (bicyclic) bond motifs is 4. The second-order valence-electron chi connectivity index (χ2n) is 7.93. The lowest BCUT2D eigenvalue weighted by atomic mass is 9.69. The molecule has 3 rings (SSSR count). The predicted octanol–water partition coefficient (Wildman–Crippen LogP) is 2.00. The molecule has 3 aliphatic rings. The summed E-state index contributed by atoms with van der Waals surface area (Å²) in [4.78, 5) is 0. The van der Waals surface area contributed by atoms with Crippen LogP contribution in [0.25, 0.3) is 0 Å². The number of aliphatic hydroxyl groups is 1. The van der Waals surface area contributed by atoms with Crippen LogP contribution in [0.1, 0.15) is 53.4 Å². The van der Waals surface area contributed by atoms with Crippen LogP contribution in [0.3, 0.4) is 0 Å². The minimum absolute atomic E-state index is 0.0196. The molecule has 2 heterocycles. The fourth-order valence-corrected chi connectivity index (χ4v) is 6.27. The monoisotopic (exact) mass is 318 g/mol. The summed E-state index contributed by atoms with van der Waals surface area (Å²) < 4.78 is 38.8. The van der Waals surface area contributed by atoms with E-state index >= 15 is 0 Å². The highest BCUT2D eigenvalue weighted by Crippen LogP contribution is 2.63. The normalized spacial score (nSPS) is 53.2. The quantitative estimate of drug-likeness (QED) is 0.761. The Hall–Kier alpha value is -0.170. The molecular formula is C15H26O5S. The molecule has 1 saturated carbocycles. The van der Waals surface area contributed by atoms with Crippen LogP contribution < -0.4 is 0 Å². The molecule has 3 fully saturated rings. The highest BCUT2D eigenvalue weighted by atomic mass is 32.2. The molecular weight excluding hydrogens is 292 g/mol. The molecule has 6 atom stereocenters. The number of aliphatic hydroxyl groups excluding tert-OH is 1. The zero-order valence-corrected chi connectivity index (χ0v) is 14.0. The van der Waals surface area contributed by atoms with Crippen molar-refractivity contribution in [3.8, 4) is 0 Å². The van der Waals surface area contributed by atoms with Crippen molar-refractivity contribution in [2.75, 3.05) is 0 Å². The second-order valence-corrected chi connectivity index (χ2v) is 9.81. The lowest BCUT2D eigenvalue weighted by Crippen LogP contribution is -2.64. The number of rotatable bonds is 2. The van der Waals surface area contributed by atoms with Gasteiger partial charge in [0.25, 0.3) is 10.1 Å². The molecule has 122 valence electrons. The molecule has 0 aromatic heterocycles. The van der Waals surface area contributed by atoms with Crippen LogP contribution in [0.5, 0.6) is 0 Å². The van der Waals surface area contributed by atoms with E-state index in [1.807, 2.05) is 20.8 Å². The molecule has 5 nitrogen and oxygen atoms in total. The van der Waals surface area contributed by atoms with Crippen molar-refractivity contribution < 1.29 is 22.8 Å². The average molecular weight is 318 g/mol. The van der Waals surface area contributed by atoms with Crippen LogP contribution in [0.4, 0.5) is 0 Å². The smallest absolute Gasteiger partial charge is 0.270 e. The predicted molar refractivity (Wildman–Crippen MR) is 78.5 cm³/mol. The van der Waals surface area contributed by atoms with Gasteiger partial charge in [0.05, 0.1) is 17.3 Å². The Bertz CT molecular complexity index is 558. The minimum Gasteiger partial charge on any atom is -0.390 e. The SMILES string of the molecule is CC(C)[C@]12CC[C@](C)(O1)C1CC[C@](C)(S(=O)(=O)O)C1[C@@H]2O. The van der Waals surface area contributed by atoms with Gasteiger partial charge in [-0.25, -0.2) is 0 Å². The Kier molecular flexibility index (Phi) is 3.16. The number of hydrogen-bond acceptors (Lipinski definition) is 4. The van der Waals surface area contributed by atoms with E-state index in [0.717, 1.165) is 12.8 Å². The van der Waals surface area contributed by atoms with Gasteiger partial charge in [0.1, 0.15) is 4.75 Å². The van der Waals surface area contributed by atoms with Gasteiger partial charge in [0.15, 0.2) is 0 Å². The minimum atomic E-state index is -4.22. The fraction of sp³-hybridized carbons (Fsp3) is 1.00. The summed E-state index contributed by atoms with van der Waals surface area (Å²) in [6.07, 6.45) is 1.78. The molecule has 0 radical (unpaired) electrons. The fourth-order valence-electron chi connectivity index (χ4n) is 5.26. The van der Waals surface area contributed by atoms with Crippen LogP contribution in [0, 0.1) is 17.8 Å². The Morgan fingerprint density at radius 1 is 1.19 bits per heavy atom. The van der Waals surface area contributed by atoms with Crippen LogP contribution in [-0.4, -0.2) is 40.1 Å². The molecule has 0 aromatic carbocycles. The summed E-state index contributed by atoms with van der Waals surface area (Å²) >= 11 is 0. The molecule has 2 N–H and O–H groups in total. The van der Waals surface area contributed by atoms with Gasteiger partial charge >= 0.3 is 0 Å². The van der Waals surface area contributed by atoms with Crippen LogP contribution in [0.2, 0.25) is 0 Å². The van der Waals surface area contributed by atoms with Gasteiger partial charge in [-0.2, -0.15) is 8.42 Å². The van der Waals surface area contributed by atoms with Gasteiger partial charge < -0.3 is 9.84 Å². The van der Waals surface area contributed by atoms with E-state index in [0.29, 0.717) is 12.8 Å². The van der Waals surface area contributed by atoms with Gasteiger partial charge in [-0.3, -0.25) is 4.55 Å². The van der Waals surface area contributed by atoms with E-state index in [-0.39, 0.29) is 11.8 Å². The Morgan fingerprint density at radius 2 is 1.81 bits per heavy atom. The van der Waals surface area contributed by atoms with Crippen LogP contribution in [-0.2, 0) is 14.9 Å². The molecule has 21 heavy (non-hydrogen) atoms. The summed E-state index contributed by atoms with van der Waals surface area (Å²) in [5.74, 6) is -0.383. The largest absolute Gasteiger partial charge is 0.390 e. The van der Waals surface area contributed by atoms with Crippen LogP contribution in [0.15, 0.2) is 0 Å². The van der Waals surface area contributed by atoms with Crippen molar-refractivity contribution >= 4 is 10.1 Å². The van der Waals surface area contributed by atoms with Crippen molar-refractivity contribution in [2.45, 2.75) is 75.4 Å². The lowest BCUT2D eigenvalue weighted by Gasteiger charge is -2.53. The van der Waals surface area contributed by atoms with Crippen molar-refractivity contribution in [3.05, 3.63) is 0 Å². The van der Waals surface area contributed by atoms with Gasteiger partial charge in [-0.1, -0.05) is 13.8 Å². The zero-order chi connectivity index (χ0) is 15.8. The lowest BCUT2D eigenvalue weighted by molar-refractivity contribution is -0.249. The van der Waals surface area contributed by atoms with Crippen molar-refractivity contribution in [1.82, 2.24) is 0 Å². The molecule has 6 heteroatoms.